The standard InChI is InChI=1S/C13H22F3N3O.ClH/c14-13(15,16)11-1-6-18(7-2-11)8-3-12(20)19-9-4-17-5-10-19;/h11,17H,1-10H2;1H. The SMILES string of the molecule is Cl.O=C(CCN1CCC(C(F)(F)F)CC1)N1CCNCC1. The van der Waals surface area contributed by atoms with E-state index >= 15 is 0 Å². The number of alkyl halides is 3. The van der Waals surface area contributed by atoms with Gasteiger partial charge in [0.1, 0.15) is 0 Å². The molecule has 0 aromatic heterocycles. The number of hydrogen-bond donors (Lipinski definition) is 1. The first-order valence-electron chi connectivity index (χ1n) is 7.24. The van der Waals surface area contributed by atoms with Gasteiger partial charge in [0, 0.05) is 39.1 Å². The largest absolute Gasteiger partial charge is 0.391 e. The molecule has 2 heterocycles. The number of piperidine rings is 1. The molecule has 124 valence electrons. The second-order valence-electron chi connectivity index (χ2n) is 5.54. The first-order valence-corrected chi connectivity index (χ1v) is 7.24. The topological polar surface area (TPSA) is 35.6 Å². The van der Waals surface area contributed by atoms with Gasteiger partial charge in [-0.2, -0.15) is 13.2 Å². The molecule has 0 bridgehead atoms. The average Bonchev–Trinajstić information content (AvgIpc) is 2.45. The van der Waals surface area contributed by atoms with Crippen molar-refractivity contribution >= 4 is 18.3 Å². The zero-order valence-corrected chi connectivity index (χ0v) is 12.8. The maximum atomic E-state index is 12.5. The summed E-state index contributed by atoms with van der Waals surface area (Å²) in [4.78, 5) is 15.8. The number of rotatable bonds is 3. The summed E-state index contributed by atoms with van der Waals surface area (Å²) in [6, 6.07) is 0. The maximum Gasteiger partial charge on any atom is 0.391 e. The maximum absolute atomic E-state index is 12.5. The number of amides is 1. The van der Waals surface area contributed by atoms with Crippen LogP contribution in [0.25, 0.3) is 0 Å². The lowest BCUT2D eigenvalue weighted by Crippen LogP contribution is -2.47. The van der Waals surface area contributed by atoms with Crippen LogP contribution in [0.1, 0.15) is 19.3 Å². The third kappa shape index (κ3) is 5.64. The summed E-state index contributed by atoms with van der Waals surface area (Å²) >= 11 is 0. The Morgan fingerprint density at radius 3 is 2.19 bits per heavy atom. The van der Waals surface area contributed by atoms with E-state index in [2.05, 4.69) is 5.32 Å². The van der Waals surface area contributed by atoms with E-state index in [1.54, 1.807) is 0 Å². The summed E-state index contributed by atoms with van der Waals surface area (Å²) < 4.78 is 37.6. The van der Waals surface area contributed by atoms with Crippen LogP contribution >= 0.6 is 12.4 Å². The number of nitrogens with zero attached hydrogens (tertiary/aromatic N) is 2. The van der Waals surface area contributed by atoms with Crippen molar-refractivity contribution in [2.75, 3.05) is 45.8 Å². The molecule has 4 nitrogen and oxygen atoms in total. The lowest BCUT2D eigenvalue weighted by Gasteiger charge is -2.33. The van der Waals surface area contributed by atoms with E-state index < -0.39 is 12.1 Å². The summed E-state index contributed by atoms with van der Waals surface area (Å²) in [5, 5.41) is 3.18. The van der Waals surface area contributed by atoms with Gasteiger partial charge in [-0.3, -0.25) is 4.79 Å². The van der Waals surface area contributed by atoms with Crippen LogP contribution in [0, 0.1) is 5.92 Å². The molecule has 1 N–H and O–H groups in total. The van der Waals surface area contributed by atoms with Gasteiger partial charge in [-0.15, -0.1) is 12.4 Å². The second kappa shape index (κ2) is 8.19. The molecule has 0 aromatic carbocycles. The molecule has 2 fully saturated rings. The van der Waals surface area contributed by atoms with Crippen LogP contribution in [0.15, 0.2) is 0 Å². The Morgan fingerprint density at radius 2 is 1.67 bits per heavy atom. The Bertz CT molecular complexity index is 327. The van der Waals surface area contributed by atoms with E-state index in [-0.39, 0.29) is 31.2 Å². The van der Waals surface area contributed by atoms with Crippen molar-refractivity contribution in [2.24, 2.45) is 5.92 Å². The molecule has 1 amide bonds. The Morgan fingerprint density at radius 1 is 1.10 bits per heavy atom. The van der Waals surface area contributed by atoms with Crippen LogP contribution in [-0.4, -0.2) is 67.7 Å². The van der Waals surface area contributed by atoms with E-state index in [1.807, 2.05) is 9.80 Å². The van der Waals surface area contributed by atoms with Crippen LogP contribution in [0.3, 0.4) is 0 Å². The van der Waals surface area contributed by atoms with Crippen molar-refractivity contribution in [3.63, 3.8) is 0 Å². The molecule has 0 spiro atoms. The molecular weight excluding hydrogens is 307 g/mol. The minimum Gasteiger partial charge on any atom is -0.340 e. The van der Waals surface area contributed by atoms with Crippen molar-refractivity contribution in [2.45, 2.75) is 25.4 Å². The summed E-state index contributed by atoms with van der Waals surface area (Å²) in [5.74, 6) is -1.05. The molecule has 0 radical (unpaired) electrons. The van der Waals surface area contributed by atoms with Crippen LogP contribution < -0.4 is 5.32 Å². The monoisotopic (exact) mass is 329 g/mol. The van der Waals surface area contributed by atoms with Crippen molar-refractivity contribution in [3.8, 4) is 0 Å². The molecule has 0 aromatic rings. The minimum absolute atomic E-state index is 0. The Balaban J connectivity index is 0.00000220. The third-order valence-electron chi connectivity index (χ3n) is 4.16. The van der Waals surface area contributed by atoms with Crippen molar-refractivity contribution < 1.29 is 18.0 Å². The Hall–Kier alpha value is -0.530. The third-order valence-corrected chi connectivity index (χ3v) is 4.16. The number of likely N-dealkylation sites (tertiary alicyclic amines) is 1. The van der Waals surface area contributed by atoms with E-state index in [0.29, 0.717) is 26.1 Å². The number of nitrogens with one attached hydrogen (secondary N) is 1. The predicted molar refractivity (Wildman–Crippen MR) is 76.5 cm³/mol. The smallest absolute Gasteiger partial charge is 0.340 e. The fourth-order valence-corrected chi connectivity index (χ4v) is 2.81. The molecular formula is C13H23ClF3N3O. The molecule has 0 aliphatic carbocycles. The summed E-state index contributed by atoms with van der Waals surface area (Å²) in [7, 11) is 0. The molecule has 0 unspecified atom stereocenters. The Labute approximate surface area is 129 Å². The normalized spacial score (nSPS) is 22.0. The summed E-state index contributed by atoms with van der Waals surface area (Å²) in [6.07, 6.45) is -3.34. The Kier molecular flexibility index (Phi) is 7.23. The van der Waals surface area contributed by atoms with E-state index in [1.165, 1.54) is 0 Å². The van der Waals surface area contributed by atoms with Gasteiger partial charge in [-0.25, -0.2) is 0 Å². The second-order valence-corrected chi connectivity index (χ2v) is 5.54. The van der Waals surface area contributed by atoms with Gasteiger partial charge in [0.05, 0.1) is 5.92 Å². The molecule has 2 rings (SSSR count). The summed E-state index contributed by atoms with van der Waals surface area (Å²) in [5.41, 5.74) is 0. The van der Waals surface area contributed by atoms with Crippen LogP contribution in [-0.2, 0) is 4.79 Å². The van der Waals surface area contributed by atoms with Gasteiger partial charge in [-0.05, 0) is 25.9 Å². The van der Waals surface area contributed by atoms with Crippen LogP contribution in [0.5, 0.6) is 0 Å². The van der Waals surface area contributed by atoms with Crippen molar-refractivity contribution in [3.05, 3.63) is 0 Å². The first-order chi connectivity index (χ1) is 9.47. The molecule has 8 heteroatoms. The quantitative estimate of drug-likeness (QED) is 0.852. The number of carbonyl (C=O) groups excluding carboxylic acids is 1. The lowest BCUT2D eigenvalue weighted by molar-refractivity contribution is -0.185. The number of halogens is 4. The minimum atomic E-state index is -4.07. The highest BCUT2D eigenvalue weighted by Gasteiger charge is 2.40. The summed E-state index contributed by atoms with van der Waals surface area (Å²) in [6.45, 7) is 4.57. The molecule has 0 atom stereocenters. The first kappa shape index (κ1) is 18.5. The highest BCUT2D eigenvalue weighted by atomic mass is 35.5. The molecule has 0 saturated carbocycles. The average molecular weight is 330 g/mol. The number of carbonyl (C=O) groups is 1. The van der Waals surface area contributed by atoms with Gasteiger partial charge < -0.3 is 15.1 Å². The zero-order valence-electron chi connectivity index (χ0n) is 12.0. The predicted octanol–water partition coefficient (Wildman–Crippen LogP) is 1.50. The van der Waals surface area contributed by atoms with Gasteiger partial charge in [-0.1, -0.05) is 0 Å². The molecule has 21 heavy (non-hydrogen) atoms. The molecule has 2 saturated heterocycles. The zero-order chi connectivity index (χ0) is 14.6. The van der Waals surface area contributed by atoms with Crippen LogP contribution in [0.2, 0.25) is 0 Å². The van der Waals surface area contributed by atoms with Gasteiger partial charge in [0.15, 0.2) is 0 Å². The number of hydrogen-bond acceptors (Lipinski definition) is 3. The highest BCUT2D eigenvalue weighted by molar-refractivity contribution is 5.85. The van der Waals surface area contributed by atoms with Gasteiger partial charge in [0.2, 0.25) is 5.91 Å². The van der Waals surface area contributed by atoms with E-state index in [9.17, 15) is 18.0 Å². The lowest BCUT2D eigenvalue weighted by atomic mass is 9.96. The highest BCUT2D eigenvalue weighted by Crippen LogP contribution is 2.34. The van der Waals surface area contributed by atoms with Gasteiger partial charge in [0.25, 0.3) is 0 Å². The molecule has 2 aliphatic rings. The van der Waals surface area contributed by atoms with Crippen molar-refractivity contribution in [1.82, 2.24) is 15.1 Å². The fraction of sp³-hybridized carbons (Fsp3) is 0.923. The van der Waals surface area contributed by atoms with Crippen molar-refractivity contribution in [1.29, 1.82) is 0 Å². The fourth-order valence-electron chi connectivity index (χ4n) is 2.81. The molecule has 2 aliphatic heterocycles. The van der Waals surface area contributed by atoms with Gasteiger partial charge >= 0.3 is 6.18 Å². The van der Waals surface area contributed by atoms with Crippen LogP contribution in [0.4, 0.5) is 13.2 Å². The van der Waals surface area contributed by atoms with E-state index in [0.717, 1.165) is 26.2 Å². The van der Waals surface area contributed by atoms with E-state index in [4.69, 9.17) is 0 Å². The number of piperazine rings is 1.